The van der Waals surface area contributed by atoms with Gasteiger partial charge in [0, 0.05) is 6.54 Å². The summed E-state index contributed by atoms with van der Waals surface area (Å²) in [6, 6.07) is 2.09. The standard InChI is InChI=1S/C9H15NOS/c1-3-10(8(2)11)6-9-4-5-12-7-9/h4-5,7-8,11H,3,6H2,1-2H3. The van der Waals surface area contributed by atoms with Crippen molar-refractivity contribution in [3.05, 3.63) is 22.4 Å². The lowest BCUT2D eigenvalue weighted by molar-refractivity contribution is 0.0167. The first-order valence-electron chi connectivity index (χ1n) is 4.17. The summed E-state index contributed by atoms with van der Waals surface area (Å²) in [5.74, 6) is 0. The van der Waals surface area contributed by atoms with Gasteiger partial charge in [0.1, 0.15) is 6.23 Å². The van der Waals surface area contributed by atoms with Gasteiger partial charge in [-0.15, -0.1) is 0 Å². The molecule has 0 bridgehead atoms. The second kappa shape index (κ2) is 4.60. The lowest BCUT2D eigenvalue weighted by Crippen LogP contribution is -2.31. The Morgan fingerprint density at radius 2 is 2.42 bits per heavy atom. The molecule has 0 aliphatic carbocycles. The average molecular weight is 185 g/mol. The topological polar surface area (TPSA) is 23.5 Å². The van der Waals surface area contributed by atoms with Gasteiger partial charge in [-0.3, -0.25) is 4.90 Å². The molecule has 1 aromatic rings. The van der Waals surface area contributed by atoms with Crippen LogP contribution in [0.2, 0.25) is 0 Å². The van der Waals surface area contributed by atoms with Crippen LogP contribution in [-0.2, 0) is 6.54 Å². The summed E-state index contributed by atoms with van der Waals surface area (Å²) in [6.45, 7) is 5.58. The molecule has 0 spiro atoms. The van der Waals surface area contributed by atoms with Crippen molar-refractivity contribution < 1.29 is 5.11 Å². The van der Waals surface area contributed by atoms with Crippen molar-refractivity contribution in [3.63, 3.8) is 0 Å². The molecule has 0 aliphatic rings. The third-order valence-corrected chi connectivity index (χ3v) is 2.63. The third-order valence-electron chi connectivity index (χ3n) is 1.90. The van der Waals surface area contributed by atoms with Gasteiger partial charge >= 0.3 is 0 Å². The minimum absolute atomic E-state index is 0.352. The van der Waals surface area contributed by atoms with Crippen LogP contribution < -0.4 is 0 Å². The number of aliphatic hydroxyl groups is 1. The van der Waals surface area contributed by atoms with Crippen molar-refractivity contribution in [2.75, 3.05) is 6.54 Å². The Bertz CT molecular complexity index is 208. The highest BCUT2D eigenvalue weighted by Gasteiger charge is 2.08. The molecule has 0 saturated carbocycles. The Balaban J connectivity index is 2.48. The summed E-state index contributed by atoms with van der Waals surface area (Å²) in [7, 11) is 0. The summed E-state index contributed by atoms with van der Waals surface area (Å²) < 4.78 is 0. The highest BCUT2D eigenvalue weighted by atomic mass is 32.1. The van der Waals surface area contributed by atoms with Gasteiger partial charge in [-0.25, -0.2) is 0 Å². The maximum atomic E-state index is 9.34. The molecule has 3 heteroatoms. The zero-order chi connectivity index (χ0) is 8.97. The van der Waals surface area contributed by atoms with E-state index >= 15 is 0 Å². The zero-order valence-electron chi connectivity index (χ0n) is 7.53. The van der Waals surface area contributed by atoms with Crippen molar-refractivity contribution >= 4 is 11.3 Å². The van der Waals surface area contributed by atoms with Crippen LogP contribution in [0.25, 0.3) is 0 Å². The van der Waals surface area contributed by atoms with Gasteiger partial charge in [0.05, 0.1) is 0 Å². The smallest absolute Gasteiger partial charge is 0.104 e. The molecule has 12 heavy (non-hydrogen) atoms. The summed E-state index contributed by atoms with van der Waals surface area (Å²) in [5, 5.41) is 13.5. The molecule has 0 radical (unpaired) electrons. The van der Waals surface area contributed by atoms with Gasteiger partial charge in [0.15, 0.2) is 0 Å². The van der Waals surface area contributed by atoms with Gasteiger partial charge in [-0.05, 0) is 35.9 Å². The molecule has 2 nitrogen and oxygen atoms in total. The lowest BCUT2D eigenvalue weighted by Gasteiger charge is -2.22. The zero-order valence-corrected chi connectivity index (χ0v) is 8.34. The minimum atomic E-state index is -0.352. The van der Waals surface area contributed by atoms with Crippen molar-refractivity contribution in [1.82, 2.24) is 4.90 Å². The fourth-order valence-electron chi connectivity index (χ4n) is 1.13. The molecule has 1 atom stereocenters. The molecule has 0 aliphatic heterocycles. The van der Waals surface area contributed by atoms with Crippen LogP contribution in [0.5, 0.6) is 0 Å². The first-order valence-corrected chi connectivity index (χ1v) is 5.11. The number of hydrogen-bond acceptors (Lipinski definition) is 3. The first-order chi connectivity index (χ1) is 5.74. The Hall–Kier alpha value is -0.380. The average Bonchev–Trinajstić information content (AvgIpc) is 2.51. The molecule has 0 aromatic carbocycles. The molecule has 1 N–H and O–H groups in total. The highest BCUT2D eigenvalue weighted by Crippen LogP contribution is 2.10. The predicted molar refractivity (Wildman–Crippen MR) is 52.1 cm³/mol. The number of rotatable bonds is 4. The van der Waals surface area contributed by atoms with Crippen LogP contribution in [0.15, 0.2) is 16.8 Å². The Labute approximate surface area is 77.5 Å². The third kappa shape index (κ3) is 2.59. The molecule has 1 heterocycles. The summed E-state index contributed by atoms with van der Waals surface area (Å²) >= 11 is 1.70. The van der Waals surface area contributed by atoms with E-state index in [4.69, 9.17) is 0 Å². The van der Waals surface area contributed by atoms with E-state index in [-0.39, 0.29) is 6.23 Å². The maximum absolute atomic E-state index is 9.34. The fraction of sp³-hybridized carbons (Fsp3) is 0.556. The lowest BCUT2D eigenvalue weighted by atomic mass is 10.3. The largest absolute Gasteiger partial charge is 0.379 e. The van der Waals surface area contributed by atoms with E-state index in [1.54, 1.807) is 18.3 Å². The SMILES string of the molecule is CCN(Cc1ccsc1)C(C)O. The molecule has 0 fully saturated rings. The Morgan fingerprint density at radius 1 is 1.67 bits per heavy atom. The molecule has 1 rings (SSSR count). The number of aliphatic hydroxyl groups excluding tert-OH is 1. The van der Waals surface area contributed by atoms with Crippen molar-refractivity contribution in [3.8, 4) is 0 Å². The molecular formula is C9H15NOS. The van der Waals surface area contributed by atoms with E-state index in [2.05, 4.69) is 23.8 Å². The summed E-state index contributed by atoms with van der Waals surface area (Å²) in [4.78, 5) is 2.02. The fourth-order valence-corrected chi connectivity index (χ4v) is 1.79. The molecule has 68 valence electrons. The van der Waals surface area contributed by atoms with Gasteiger partial charge in [-0.1, -0.05) is 6.92 Å². The Morgan fingerprint density at radius 3 is 2.83 bits per heavy atom. The molecule has 1 unspecified atom stereocenters. The summed E-state index contributed by atoms with van der Waals surface area (Å²) in [6.07, 6.45) is -0.352. The first kappa shape index (κ1) is 9.71. The maximum Gasteiger partial charge on any atom is 0.104 e. The quantitative estimate of drug-likeness (QED) is 0.724. The van der Waals surface area contributed by atoms with E-state index in [9.17, 15) is 5.11 Å². The van der Waals surface area contributed by atoms with Crippen LogP contribution in [0.3, 0.4) is 0 Å². The molecule has 1 aromatic heterocycles. The Kier molecular flexibility index (Phi) is 3.72. The van der Waals surface area contributed by atoms with Gasteiger partial charge < -0.3 is 5.11 Å². The van der Waals surface area contributed by atoms with Crippen LogP contribution in [-0.4, -0.2) is 22.8 Å². The van der Waals surface area contributed by atoms with E-state index in [1.165, 1.54) is 5.56 Å². The number of thiophene rings is 1. The van der Waals surface area contributed by atoms with Crippen molar-refractivity contribution in [1.29, 1.82) is 0 Å². The number of hydrogen-bond donors (Lipinski definition) is 1. The molecule has 0 saturated heterocycles. The van der Waals surface area contributed by atoms with E-state index in [1.807, 2.05) is 4.90 Å². The normalized spacial score (nSPS) is 13.7. The van der Waals surface area contributed by atoms with Gasteiger partial charge in [0.25, 0.3) is 0 Å². The molecule has 0 amide bonds. The van der Waals surface area contributed by atoms with E-state index in [0.29, 0.717) is 0 Å². The van der Waals surface area contributed by atoms with Gasteiger partial charge in [0.2, 0.25) is 0 Å². The van der Waals surface area contributed by atoms with Crippen LogP contribution >= 0.6 is 11.3 Å². The monoisotopic (exact) mass is 185 g/mol. The van der Waals surface area contributed by atoms with Crippen LogP contribution in [0.1, 0.15) is 19.4 Å². The molecular weight excluding hydrogens is 170 g/mol. The minimum Gasteiger partial charge on any atom is -0.379 e. The van der Waals surface area contributed by atoms with Crippen molar-refractivity contribution in [2.45, 2.75) is 26.6 Å². The highest BCUT2D eigenvalue weighted by molar-refractivity contribution is 7.07. The second-order valence-corrected chi connectivity index (χ2v) is 3.61. The summed E-state index contributed by atoms with van der Waals surface area (Å²) in [5.41, 5.74) is 1.28. The van der Waals surface area contributed by atoms with E-state index < -0.39 is 0 Å². The van der Waals surface area contributed by atoms with Gasteiger partial charge in [-0.2, -0.15) is 11.3 Å². The van der Waals surface area contributed by atoms with Crippen LogP contribution in [0.4, 0.5) is 0 Å². The van der Waals surface area contributed by atoms with Crippen LogP contribution in [0, 0.1) is 0 Å². The predicted octanol–water partition coefficient (Wildman–Crippen LogP) is 1.91. The van der Waals surface area contributed by atoms with Crippen molar-refractivity contribution in [2.24, 2.45) is 0 Å². The number of nitrogens with zero attached hydrogens (tertiary/aromatic N) is 1. The van der Waals surface area contributed by atoms with E-state index in [0.717, 1.165) is 13.1 Å². The second-order valence-electron chi connectivity index (χ2n) is 2.83.